The van der Waals surface area contributed by atoms with Crippen molar-refractivity contribution in [2.75, 3.05) is 0 Å². The maximum absolute atomic E-state index is 10.6. The first-order chi connectivity index (χ1) is 5.11. The molecule has 1 aliphatic rings. The highest BCUT2D eigenvalue weighted by Crippen LogP contribution is 2.12. The summed E-state index contributed by atoms with van der Waals surface area (Å²) in [7, 11) is 0. The molecule has 0 aromatic heterocycles. The number of dihydropyridines is 1. The van der Waals surface area contributed by atoms with Gasteiger partial charge in [0.25, 0.3) is 5.70 Å². The summed E-state index contributed by atoms with van der Waals surface area (Å²) in [6, 6.07) is 0. The molecular formula is C6H6N2O3. The summed E-state index contributed by atoms with van der Waals surface area (Å²) < 4.78 is 0. The number of aliphatic imine (C=N–C) groups is 1. The highest BCUT2D eigenvalue weighted by atomic mass is 16.6. The van der Waals surface area contributed by atoms with E-state index in [1.54, 1.807) is 6.92 Å². The topological polar surface area (TPSA) is 72.6 Å². The second-order valence-corrected chi connectivity index (χ2v) is 2.25. The zero-order valence-corrected chi connectivity index (χ0v) is 5.90. The number of carbonyl (C=O) groups is 1. The molecule has 0 saturated heterocycles. The molecule has 58 valence electrons. The number of nitro groups is 1. The molecule has 0 aliphatic carbocycles. The van der Waals surface area contributed by atoms with Crippen molar-refractivity contribution in [2.45, 2.75) is 13.3 Å². The molecule has 1 heterocycles. The number of rotatable bonds is 1. The molecule has 0 aromatic carbocycles. The highest BCUT2D eigenvalue weighted by Gasteiger charge is 2.19. The Hall–Kier alpha value is -1.52. The van der Waals surface area contributed by atoms with Gasteiger partial charge in [0, 0.05) is 5.57 Å². The van der Waals surface area contributed by atoms with E-state index in [9.17, 15) is 14.9 Å². The Labute approximate surface area is 62.6 Å². The number of hydrogen-bond acceptors (Lipinski definition) is 3. The molecule has 1 rings (SSSR count). The van der Waals surface area contributed by atoms with Gasteiger partial charge in [0.2, 0.25) is 5.91 Å². The average molecular weight is 154 g/mol. The number of allylic oxidation sites excluding steroid dienone is 1. The fourth-order valence-electron chi connectivity index (χ4n) is 0.809. The van der Waals surface area contributed by atoms with Crippen LogP contribution in [0.2, 0.25) is 0 Å². The molecule has 0 atom stereocenters. The number of amides is 1. The van der Waals surface area contributed by atoms with Crippen LogP contribution in [-0.4, -0.2) is 17.0 Å². The second kappa shape index (κ2) is 2.61. The molecule has 1 amide bonds. The van der Waals surface area contributed by atoms with E-state index in [-0.39, 0.29) is 18.0 Å². The third-order valence-corrected chi connectivity index (χ3v) is 1.38. The van der Waals surface area contributed by atoms with Crippen molar-refractivity contribution in [3.05, 3.63) is 21.4 Å². The van der Waals surface area contributed by atoms with Crippen LogP contribution in [0, 0.1) is 10.1 Å². The van der Waals surface area contributed by atoms with Gasteiger partial charge >= 0.3 is 0 Å². The summed E-state index contributed by atoms with van der Waals surface area (Å²) in [5.41, 5.74) is 0.402. The van der Waals surface area contributed by atoms with E-state index >= 15 is 0 Å². The van der Waals surface area contributed by atoms with Gasteiger partial charge in [0.05, 0.1) is 11.3 Å². The first kappa shape index (κ1) is 7.59. The highest BCUT2D eigenvalue weighted by molar-refractivity contribution is 5.95. The molecular weight excluding hydrogens is 148 g/mol. The Balaban J connectivity index is 2.97. The molecule has 0 radical (unpaired) electrons. The lowest BCUT2D eigenvalue weighted by molar-refractivity contribution is -0.415. The minimum Gasteiger partial charge on any atom is -0.272 e. The lowest BCUT2D eigenvalue weighted by Gasteiger charge is -2.01. The third-order valence-electron chi connectivity index (χ3n) is 1.38. The Bertz CT molecular complexity index is 278. The molecule has 0 N–H and O–H groups in total. The van der Waals surface area contributed by atoms with Gasteiger partial charge in [-0.05, 0) is 6.92 Å². The fourth-order valence-corrected chi connectivity index (χ4v) is 0.809. The van der Waals surface area contributed by atoms with Crippen molar-refractivity contribution >= 4 is 12.1 Å². The summed E-state index contributed by atoms with van der Waals surface area (Å²) in [6.45, 7) is 1.56. The van der Waals surface area contributed by atoms with Gasteiger partial charge in [-0.1, -0.05) is 0 Å². The molecule has 1 aliphatic heterocycles. The first-order valence-electron chi connectivity index (χ1n) is 3.02. The van der Waals surface area contributed by atoms with Gasteiger partial charge in [0.15, 0.2) is 0 Å². The van der Waals surface area contributed by atoms with E-state index < -0.39 is 4.92 Å². The molecule has 0 saturated carbocycles. The zero-order valence-electron chi connectivity index (χ0n) is 5.90. The Morgan fingerprint density at radius 2 is 2.36 bits per heavy atom. The largest absolute Gasteiger partial charge is 0.287 e. The smallest absolute Gasteiger partial charge is 0.272 e. The van der Waals surface area contributed by atoms with Gasteiger partial charge < -0.3 is 0 Å². The Morgan fingerprint density at radius 1 is 1.73 bits per heavy atom. The third kappa shape index (κ3) is 1.49. The van der Waals surface area contributed by atoms with E-state index in [0.717, 1.165) is 6.21 Å². The monoisotopic (exact) mass is 154 g/mol. The standard InChI is InChI=1S/C6H6N2O3/c1-4-2-6(9)7-3-5(4)8(10)11/h3H,2H2,1H3. The van der Waals surface area contributed by atoms with Crippen molar-refractivity contribution in [1.82, 2.24) is 0 Å². The van der Waals surface area contributed by atoms with Gasteiger partial charge in [0.1, 0.15) is 6.21 Å². The Kier molecular flexibility index (Phi) is 1.80. The fraction of sp³-hybridized carbons (Fsp3) is 0.333. The minimum atomic E-state index is -0.536. The van der Waals surface area contributed by atoms with Crippen LogP contribution >= 0.6 is 0 Å². The van der Waals surface area contributed by atoms with Crippen LogP contribution in [0.4, 0.5) is 0 Å². The molecule has 0 unspecified atom stereocenters. The van der Waals surface area contributed by atoms with E-state index in [4.69, 9.17) is 0 Å². The average Bonchev–Trinajstić information content (AvgIpc) is 1.85. The van der Waals surface area contributed by atoms with Crippen molar-refractivity contribution in [3.63, 3.8) is 0 Å². The molecule has 5 heteroatoms. The summed E-state index contributed by atoms with van der Waals surface area (Å²) in [5.74, 6) is -0.326. The summed E-state index contributed by atoms with van der Waals surface area (Å²) >= 11 is 0. The maximum atomic E-state index is 10.6. The number of carbonyl (C=O) groups excluding carboxylic acids is 1. The van der Waals surface area contributed by atoms with Crippen LogP contribution in [0.1, 0.15) is 13.3 Å². The van der Waals surface area contributed by atoms with Crippen LogP contribution in [-0.2, 0) is 4.79 Å². The molecule has 11 heavy (non-hydrogen) atoms. The molecule has 0 fully saturated rings. The zero-order chi connectivity index (χ0) is 8.43. The lowest BCUT2D eigenvalue weighted by atomic mass is 10.1. The molecule has 5 nitrogen and oxygen atoms in total. The lowest BCUT2D eigenvalue weighted by Crippen LogP contribution is -2.11. The van der Waals surface area contributed by atoms with E-state index in [0.29, 0.717) is 5.57 Å². The van der Waals surface area contributed by atoms with E-state index in [2.05, 4.69) is 4.99 Å². The van der Waals surface area contributed by atoms with Gasteiger partial charge in [-0.15, -0.1) is 0 Å². The van der Waals surface area contributed by atoms with Gasteiger partial charge in [-0.2, -0.15) is 0 Å². The van der Waals surface area contributed by atoms with Gasteiger partial charge in [-0.25, -0.2) is 4.99 Å². The second-order valence-electron chi connectivity index (χ2n) is 2.25. The maximum Gasteiger partial charge on any atom is 0.287 e. The van der Waals surface area contributed by atoms with Crippen LogP contribution in [0.5, 0.6) is 0 Å². The van der Waals surface area contributed by atoms with Crippen LogP contribution in [0.3, 0.4) is 0 Å². The minimum absolute atomic E-state index is 0.0623. The predicted octanol–water partition coefficient (Wildman–Crippen LogP) is 0.538. The summed E-state index contributed by atoms with van der Waals surface area (Å²) in [4.78, 5) is 23.6. The van der Waals surface area contributed by atoms with Crippen molar-refractivity contribution in [1.29, 1.82) is 0 Å². The van der Waals surface area contributed by atoms with Crippen molar-refractivity contribution < 1.29 is 9.72 Å². The molecule has 0 spiro atoms. The van der Waals surface area contributed by atoms with Crippen LogP contribution in [0.25, 0.3) is 0 Å². The normalized spacial score (nSPS) is 17.4. The quantitative estimate of drug-likeness (QED) is 0.408. The number of hydrogen-bond donors (Lipinski definition) is 0. The molecule has 0 bridgehead atoms. The van der Waals surface area contributed by atoms with Crippen molar-refractivity contribution in [3.8, 4) is 0 Å². The Morgan fingerprint density at radius 3 is 2.82 bits per heavy atom. The van der Waals surface area contributed by atoms with E-state index in [1.165, 1.54) is 0 Å². The van der Waals surface area contributed by atoms with Gasteiger partial charge in [-0.3, -0.25) is 14.9 Å². The van der Waals surface area contributed by atoms with E-state index in [1.807, 2.05) is 0 Å². The first-order valence-corrected chi connectivity index (χ1v) is 3.02. The SMILES string of the molecule is CC1=C([N+](=O)[O-])C=NC(=O)C1. The predicted molar refractivity (Wildman–Crippen MR) is 37.8 cm³/mol. The summed E-state index contributed by atoms with van der Waals surface area (Å²) in [5, 5.41) is 10.2. The van der Waals surface area contributed by atoms with Crippen LogP contribution in [0.15, 0.2) is 16.3 Å². The van der Waals surface area contributed by atoms with Crippen molar-refractivity contribution in [2.24, 2.45) is 4.99 Å². The van der Waals surface area contributed by atoms with Crippen LogP contribution < -0.4 is 0 Å². The number of nitrogens with zero attached hydrogens (tertiary/aromatic N) is 2. The molecule has 0 aromatic rings. The summed E-state index contributed by atoms with van der Waals surface area (Å²) in [6.07, 6.45) is 1.06.